The maximum Gasteiger partial charge on any atom is 0.178 e. The van der Waals surface area contributed by atoms with Gasteiger partial charge in [-0.15, -0.1) is 0 Å². The first-order chi connectivity index (χ1) is 5.83. The van der Waals surface area contributed by atoms with E-state index >= 15 is 0 Å². The Morgan fingerprint density at radius 3 is 2.75 bits per heavy atom. The van der Waals surface area contributed by atoms with Gasteiger partial charge >= 0.3 is 0 Å². The number of rotatable bonds is 4. The van der Waals surface area contributed by atoms with Gasteiger partial charge in [-0.25, -0.2) is 0 Å². The fourth-order valence-electron chi connectivity index (χ4n) is 1.28. The number of hydrogen-bond donors (Lipinski definition) is 0. The molecule has 0 N–H and O–H groups in total. The number of hydrogen-bond acceptors (Lipinski definition) is 0. The molecule has 1 nitrogen and oxygen atoms in total. The van der Waals surface area contributed by atoms with Gasteiger partial charge in [0.15, 0.2) is 5.75 Å². The van der Waals surface area contributed by atoms with Gasteiger partial charge in [0.2, 0.25) is 0 Å². The normalized spacial score (nSPS) is 10.1. The smallest absolute Gasteiger partial charge is 0.178 e. The lowest BCUT2D eigenvalue weighted by atomic mass is 10.1. The van der Waals surface area contributed by atoms with Crippen molar-refractivity contribution in [3.63, 3.8) is 0 Å². The molecule has 1 heteroatoms. The first-order valence-corrected chi connectivity index (χ1v) is 4.59. The van der Waals surface area contributed by atoms with Gasteiger partial charge in [-0.2, -0.15) is 0 Å². The molecule has 0 heterocycles. The molecule has 0 bridgehead atoms. The Morgan fingerprint density at radius 1 is 1.25 bits per heavy atom. The van der Waals surface area contributed by atoms with E-state index in [0.29, 0.717) is 0 Å². The van der Waals surface area contributed by atoms with Crippen molar-refractivity contribution >= 4 is 0 Å². The summed E-state index contributed by atoms with van der Waals surface area (Å²) >= 11 is 0. The van der Waals surface area contributed by atoms with Crippen LogP contribution in [0.2, 0.25) is 0 Å². The topological polar surface area (TPSA) is 19.9 Å². The molecule has 1 aromatic carbocycles. The Morgan fingerprint density at radius 2 is 2.08 bits per heavy atom. The van der Waals surface area contributed by atoms with E-state index in [1.54, 1.807) is 12.1 Å². The van der Waals surface area contributed by atoms with Gasteiger partial charge in [-0.1, -0.05) is 31.9 Å². The van der Waals surface area contributed by atoms with Crippen LogP contribution >= 0.6 is 0 Å². The van der Waals surface area contributed by atoms with Crippen molar-refractivity contribution in [3.8, 4) is 5.75 Å². The Labute approximate surface area is 74.1 Å². The Hall–Kier alpha value is -0.980. The number of benzene rings is 1. The Bertz CT molecular complexity index is 230. The molecule has 0 fully saturated rings. The highest BCUT2D eigenvalue weighted by atomic mass is 16.3. The molecule has 0 aliphatic carbocycles. The van der Waals surface area contributed by atoms with E-state index in [1.807, 2.05) is 12.1 Å². The second-order valence-corrected chi connectivity index (χ2v) is 3.10. The van der Waals surface area contributed by atoms with Gasteiger partial charge in [0.1, 0.15) is 0 Å². The third-order valence-electron chi connectivity index (χ3n) is 1.97. The average Bonchev–Trinajstić information content (AvgIpc) is 2.05. The fraction of sp³-hybridized carbons (Fsp3) is 0.455. The van der Waals surface area contributed by atoms with E-state index in [9.17, 15) is 5.11 Å². The summed E-state index contributed by atoms with van der Waals surface area (Å²) in [5.41, 5.74) is 1.18. The van der Waals surface area contributed by atoms with Crippen LogP contribution in [0, 0.1) is 0 Å². The predicted octanol–water partition coefficient (Wildman–Crippen LogP) is 3.56. The molecule has 0 aliphatic rings. The molecule has 1 aromatic rings. The summed E-state index contributed by atoms with van der Waals surface area (Å²) in [7, 11) is 0. The van der Waals surface area contributed by atoms with E-state index in [0.717, 1.165) is 6.42 Å². The van der Waals surface area contributed by atoms with Crippen LogP contribution in [0.1, 0.15) is 31.7 Å². The summed E-state index contributed by atoms with van der Waals surface area (Å²) in [5, 5.41) is 10.9. The van der Waals surface area contributed by atoms with Crippen LogP contribution in [-0.2, 0) is 11.5 Å². The van der Waals surface area contributed by atoms with Crippen molar-refractivity contribution in [2.45, 2.75) is 32.6 Å². The van der Waals surface area contributed by atoms with Crippen molar-refractivity contribution in [3.05, 3.63) is 29.8 Å². The first kappa shape index (κ1) is 9.11. The summed E-state index contributed by atoms with van der Waals surface area (Å²) in [6.45, 7) is 2.18. The number of unbranched alkanes of at least 4 members (excludes halogenated alkanes) is 2. The largest absolute Gasteiger partial charge is 0.290 e. The van der Waals surface area contributed by atoms with Gasteiger partial charge in [0, 0.05) is 0 Å². The molecule has 1 rings (SSSR count). The first-order valence-electron chi connectivity index (χ1n) is 4.59. The highest BCUT2D eigenvalue weighted by molar-refractivity contribution is 5.26. The fourth-order valence-corrected chi connectivity index (χ4v) is 1.28. The zero-order chi connectivity index (χ0) is 8.81. The van der Waals surface area contributed by atoms with E-state index in [1.165, 1.54) is 24.8 Å². The number of aryl methyl sites for hydroxylation is 1. The molecular formula is C11H15O. The second kappa shape index (κ2) is 4.81. The van der Waals surface area contributed by atoms with Crippen LogP contribution in [0.3, 0.4) is 0 Å². The summed E-state index contributed by atoms with van der Waals surface area (Å²) in [5.74, 6) is 0.129. The highest BCUT2D eigenvalue weighted by Gasteiger charge is 1.94. The zero-order valence-electron chi connectivity index (χ0n) is 7.55. The molecule has 0 amide bonds. The van der Waals surface area contributed by atoms with E-state index < -0.39 is 0 Å². The average molecular weight is 163 g/mol. The Balaban J connectivity index is 2.41. The van der Waals surface area contributed by atoms with E-state index in [4.69, 9.17) is 0 Å². The minimum absolute atomic E-state index is 0.129. The van der Waals surface area contributed by atoms with Crippen molar-refractivity contribution < 1.29 is 5.11 Å². The molecule has 1 radical (unpaired) electrons. The van der Waals surface area contributed by atoms with Crippen LogP contribution in [0.5, 0.6) is 5.75 Å². The minimum Gasteiger partial charge on any atom is -0.290 e. The maximum absolute atomic E-state index is 10.9. The molecule has 0 aliphatic heterocycles. The lowest BCUT2D eigenvalue weighted by Gasteiger charge is -1.99. The standard InChI is InChI=1S/C11H15O/c1-2-3-4-6-10-7-5-8-11(12)9-10/h5,7-9H,2-4,6H2,1H3. The molecule has 0 saturated carbocycles. The molecule has 12 heavy (non-hydrogen) atoms. The van der Waals surface area contributed by atoms with Crippen LogP contribution in [0.15, 0.2) is 24.3 Å². The van der Waals surface area contributed by atoms with Gasteiger partial charge < -0.3 is 0 Å². The molecule has 65 valence electrons. The van der Waals surface area contributed by atoms with Crippen molar-refractivity contribution in [2.24, 2.45) is 0 Å². The predicted molar refractivity (Wildman–Crippen MR) is 49.8 cm³/mol. The Kier molecular flexibility index (Phi) is 3.65. The summed E-state index contributed by atoms with van der Waals surface area (Å²) in [6, 6.07) is 7.19. The van der Waals surface area contributed by atoms with Crippen LogP contribution in [0.25, 0.3) is 0 Å². The molecule has 0 unspecified atom stereocenters. The minimum atomic E-state index is 0.129. The summed E-state index contributed by atoms with van der Waals surface area (Å²) < 4.78 is 0. The quantitative estimate of drug-likeness (QED) is 0.605. The second-order valence-electron chi connectivity index (χ2n) is 3.10. The lowest BCUT2D eigenvalue weighted by Crippen LogP contribution is -1.83. The SMILES string of the molecule is CCCCCc1cccc([O])c1. The maximum atomic E-state index is 10.9. The van der Waals surface area contributed by atoms with Crippen LogP contribution < -0.4 is 0 Å². The molecule has 0 spiro atoms. The van der Waals surface area contributed by atoms with Crippen LogP contribution in [-0.4, -0.2) is 0 Å². The van der Waals surface area contributed by atoms with Crippen molar-refractivity contribution in [1.82, 2.24) is 0 Å². The summed E-state index contributed by atoms with van der Waals surface area (Å²) in [4.78, 5) is 0. The van der Waals surface area contributed by atoms with Crippen molar-refractivity contribution in [1.29, 1.82) is 0 Å². The zero-order valence-corrected chi connectivity index (χ0v) is 7.55. The van der Waals surface area contributed by atoms with Gasteiger partial charge in [-0.05, 0) is 30.5 Å². The van der Waals surface area contributed by atoms with E-state index in [-0.39, 0.29) is 5.75 Å². The lowest BCUT2D eigenvalue weighted by molar-refractivity contribution is 0.354. The van der Waals surface area contributed by atoms with Crippen molar-refractivity contribution in [2.75, 3.05) is 0 Å². The highest BCUT2D eigenvalue weighted by Crippen LogP contribution is 2.13. The van der Waals surface area contributed by atoms with Crippen LogP contribution in [0.4, 0.5) is 0 Å². The van der Waals surface area contributed by atoms with Gasteiger partial charge in [0.25, 0.3) is 0 Å². The molecule has 0 atom stereocenters. The van der Waals surface area contributed by atoms with Gasteiger partial charge in [0.05, 0.1) is 0 Å². The molecule has 0 aromatic heterocycles. The molecule has 0 saturated heterocycles. The molecular weight excluding hydrogens is 148 g/mol. The van der Waals surface area contributed by atoms with E-state index in [2.05, 4.69) is 6.92 Å². The summed E-state index contributed by atoms with van der Waals surface area (Å²) in [6.07, 6.45) is 4.73. The third-order valence-corrected chi connectivity index (χ3v) is 1.97. The third kappa shape index (κ3) is 2.95. The van der Waals surface area contributed by atoms with Gasteiger partial charge in [-0.3, -0.25) is 5.11 Å². The monoisotopic (exact) mass is 163 g/mol.